The summed E-state index contributed by atoms with van der Waals surface area (Å²) in [5, 5.41) is 12.2. The van der Waals surface area contributed by atoms with Gasteiger partial charge in [-0.15, -0.1) is 0 Å². The molecule has 6 nitrogen and oxygen atoms in total. The van der Waals surface area contributed by atoms with Crippen LogP contribution in [0.4, 0.5) is 5.69 Å². The number of Topliss-reactive ketones (excluding diaryl/α,β-unsaturated/α-hetero) is 1. The van der Waals surface area contributed by atoms with Crippen LogP contribution in [0, 0.1) is 13.8 Å². The summed E-state index contributed by atoms with van der Waals surface area (Å²) in [5.41, 5.74) is 3.56. The largest absolute Gasteiger partial charge is 0.503 e. The van der Waals surface area contributed by atoms with Gasteiger partial charge in [0.2, 0.25) is 5.78 Å². The van der Waals surface area contributed by atoms with Crippen LogP contribution in [0.25, 0.3) is 11.0 Å². The molecule has 3 aromatic carbocycles. The molecular formula is C28H22ClNO5. The van der Waals surface area contributed by atoms with Crippen molar-refractivity contribution in [2.45, 2.75) is 19.9 Å². The second-order valence-electron chi connectivity index (χ2n) is 8.52. The van der Waals surface area contributed by atoms with Crippen molar-refractivity contribution >= 4 is 39.9 Å². The fourth-order valence-electron chi connectivity index (χ4n) is 4.52. The van der Waals surface area contributed by atoms with E-state index in [1.165, 1.54) is 4.90 Å². The van der Waals surface area contributed by atoms with Crippen LogP contribution in [0.3, 0.4) is 0 Å². The lowest BCUT2D eigenvalue weighted by Crippen LogP contribution is -2.31. The number of fused-ring (bicyclic) bond motifs is 1. The lowest BCUT2D eigenvalue weighted by molar-refractivity contribution is -0.117. The maximum Gasteiger partial charge on any atom is 0.294 e. The zero-order chi connectivity index (χ0) is 24.9. The zero-order valence-electron chi connectivity index (χ0n) is 19.3. The third-order valence-corrected chi connectivity index (χ3v) is 6.43. The molecule has 1 aliphatic heterocycles. The predicted octanol–water partition coefficient (Wildman–Crippen LogP) is 6.49. The second-order valence-corrected chi connectivity index (χ2v) is 8.96. The predicted molar refractivity (Wildman–Crippen MR) is 134 cm³/mol. The lowest BCUT2D eigenvalue weighted by Gasteiger charge is -2.28. The lowest BCUT2D eigenvalue weighted by atomic mass is 9.94. The Morgan fingerprint density at radius 2 is 1.77 bits per heavy atom. The van der Waals surface area contributed by atoms with Gasteiger partial charge in [-0.25, -0.2) is 0 Å². The van der Waals surface area contributed by atoms with E-state index in [4.69, 9.17) is 20.8 Å². The van der Waals surface area contributed by atoms with Crippen molar-refractivity contribution in [2.75, 3.05) is 12.0 Å². The summed E-state index contributed by atoms with van der Waals surface area (Å²) in [7, 11) is 1.56. The number of halogens is 1. The zero-order valence-corrected chi connectivity index (χ0v) is 20.1. The normalized spacial score (nSPS) is 15.8. The van der Waals surface area contributed by atoms with Gasteiger partial charge in [0.15, 0.2) is 11.5 Å². The summed E-state index contributed by atoms with van der Waals surface area (Å²) < 4.78 is 11.0. The average Bonchev–Trinajstić information content (AvgIpc) is 3.37. The number of anilines is 1. The quantitative estimate of drug-likeness (QED) is 0.325. The first kappa shape index (κ1) is 22.7. The van der Waals surface area contributed by atoms with Gasteiger partial charge in [0.05, 0.1) is 18.7 Å². The highest BCUT2D eigenvalue weighted by atomic mass is 35.5. The molecule has 1 N–H and O–H groups in total. The number of methoxy groups -OCH3 is 1. The first-order valence-electron chi connectivity index (χ1n) is 11.0. The van der Waals surface area contributed by atoms with E-state index in [1.807, 2.05) is 32.0 Å². The minimum atomic E-state index is -0.862. The van der Waals surface area contributed by atoms with Crippen LogP contribution in [0.5, 0.6) is 5.75 Å². The molecule has 0 radical (unpaired) electrons. The number of rotatable bonds is 5. The Bertz CT molecular complexity index is 1520. The highest BCUT2D eigenvalue weighted by Gasteiger charge is 2.45. The molecule has 1 atom stereocenters. The molecule has 0 saturated heterocycles. The Morgan fingerprint density at radius 1 is 1.03 bits per heavy atom. The molecule has 7 heteroatoms. The molecule has 5 rings (SSSR count). The number of amides is 1. The number of carbonyl (C=O) groups excluding carboxylic acids is 2. The Morgan fingerprint density at radius 3 is 2.46 bits per heavy atom. The SMILES string of the molecule is COc1ccc(C2C(C(=O)c3cc4cc(Cl)ccc4o3)=C(O)C(=O)N2c2ccc(C)cc2C)cc1. The van der Waals surface area contributed by atoms with Crippen LogP contribution >= 0.6 is 11.6 Å². The molecule has 1 aromatic heterocycles. The number of hydrogen-bond acceptors (Lipinski definition) is 5. The number of aryl methyl sites for hydroxylation is 2. The number of aliphatic hydroxyl groups excluding tert-OH is 1. The van der Waals surface area contributed by atoms with Crippen molar-refractivity contribution in [1.29, 1.82) is 0 Å². The van der Waals surface area contributed by atoms with E-state index in [9.17, 15) is 14.7 Å². The summed E-state index contributed by atoms with van der Waals surface area (Å²) in [5.74, 6) is -1.19. The van der Waals surface area contributed by atoms with E-state index in [-0.39, 0.29) is 11.3 Å². The minimum absolute atomic E-state index is 0.0117. The van der Waals surface area contributed by atoms with Crippen molar-refractivity contribution in [3.63, 3.8) is 0 Å². The van der Waals surface area contributed by atoms with Crippen LogP contribution < -0.4 is 9.64 Å². The van der Waals surface area contributed by atoms with Gasteiger partial charge >= 0.3 is 0 Å². The molecule has 176 valence electrons. The van der Waals surface area contributed by atoms with E-state index in [0.717, 1.165) is 11.1 Å². The summed E-state index contributed by atoms with van der Waals surface area (Å²) in [6, 6.07) is 18.4. The van der Waals surface area contributed by atoms with Crippen LogP contribution in [0.15, 0.2) is 82.5 Å². The second kappa shape index (κ2) is 8.64. The molecule has 0 spiro atoms. The van der Waals surface area contributed by atoms with Gasteiger partial charge < -0.3 is 14.3 Å². The Labute approximate surface area is 207 Å². The minimum Gasteiger partial charge on any atom is -0.503 e. The maximum absolute atomic E-state index is 13.7. The number of furan rings is 1. The number of ketones is 1. The summed E-state index contributed by atoms with van der Waals surface area (Å²) in [6.07, 6.45) is 0. The van der Waals surface area contributed by atoms with Gasteiger partial charge in [-0.1, -0.05) is 41.4 Å². The molecule has 0 saturated carbocycles. The molecule has 0 bridgehead atoms. The molecule has 0 aliphatic carbocycles. The summed E-state index contributed by atoms with van der Waals surface area (Å²) in [6.45, 7) is 3.85. The van der Waals surface area contributed by atoms with Gasteiger partial charge in [0, 0.05) is 16.1 Å². The van der Waals surface area contributed by atoms with E-state index in [1.54, 1.807) is 55.6 Å². The van der Waals surface area contributed by atoms with E-state index < -0.39 is 23.5 Å². The topological polar surface area (TPSA) is 80.0 Å². The maximum atomic E-state index is 13.7. The average molecular weight is 488 g/mol. The van der Waals surface area contributed by atoms with Crippen molar-refractivity contribution in [1.82, 2.24) is 0 Å². The van der Waals surface area contributed by atoms with E-state index >= 15 is 0 Å². The number of carbonyl (C=O) groups is 2. The van der Waals surface area contributed by atoms with Crippen molar-refractivity contribution in [3.05, 3.63) is 106 Å². The van der Waals surface area contributed by atoms with Gasteiger partial charge in [0.1, 0.15) is 11.3 Å². The monoisotopic (exact) mass is 487 g/mol. The number of benzene rings is 3. The molecule has 2 heterocycles. The summed E-state index contributed by atoms with van der Waals surface area (Å²) in [4.78, 5) is 28.6. The number of hydrogen-bond donors (Lipinski definition) is 1. The van der Waals surface area contributed by atoms with Crippen molar-refractivity contribution in [3.8, 4) is 5.75 Å². The third kappa shape index (κ3) is 3.86. The Kier molecular flexibility index (Phi) is 5.61. The van der Waals surface area contributed by atoms with Gasteiger partial charge in [-0.05, 0) is 67.4 Å². The van der Waals surface area contributed by atoms with Crippen LogP contribution in [0.1, 0.15) is 33.3 Å². The van der Waals surface area contributed by atoms with Gasteiger partial charge in [-0.2, -0.15) is 0 Å². The van der Waals surface area contributed by atoms with E-state index in [0.29, 0.717) is 33.0 Å². The fraction of sp³-hybridized carbons (Fsp3) is 0.143. The fourth-order valence-corrected chi connectivity index (χ4v) is 4.70. The smallest absolute Gasteiger partial charge is 0.294 e. The Balaban J connectivity index is 1.67. The van der Waals surface area contributed by atoms with Crippen LogP contribution in [-0.4, -0.2) is 23.9 Å². The number of ether oxygens (including phenoxy) is 1. The first-order valence-corrected chi connectivity index (χ1v) is 11.4. The standard InChI is InChI=1S/C28H22ClNO5/c1-15-4-10-21(16(2)12-15)30-25(17-5-8-20(34-3)9-6-17)24(27(32)28(30)33)26(31)23-14-18-13-19(29)7-11-22(18)35-23/h4-14,25,32H,1-3H3. The van der Waals surface area contributed by atoms with E-state index in [2.05, 4.69) is 0 Å². The molecule has 0 fully saturated rings. The number of nitrogens with zero attached hydrogens (tertiary/aromatic N) is 1. The molecular weight excluding hydrogens is 466 g/mol. The van der Waals surface area contributed by atoms with Gasteiger partial charge in [0.25, 0.3) is 5.91 Å². The molecule has 1 unspecified atom stereocenters. The molecule has 35 heavy (non-hydrogen) atoms. The molecule has 4 aromatic rings. The van der Waals surface area contributed by atoms with Crippen molar-refractivity contribution < 1.29 is 23.8 Å². The highest BCUT2D eigenvalue weighted by molar-refractivity contribution is 6.31. The third-order valence-electron chi connectivity index (χ3n) is 6.20. The molecule has 1 aliphatic rings. The first-order chi connectivity index (χ1) is 16.8. The van der Waals surface area contributed by atoms with Crippen LogP contribution in [-0.2, 0) is 4.79 Å². The molecule has 1 amide bonds. The van der Waals surface area contributed by atoms with Crippen LogP contribution in [0.2, 0.25) is 5.02 Å². The Hall–Kier alpha value is -4.03. The highest BCUT2D eigenvalue weighted by Crippen LogP contribution is 2.43. The van der Waals surface area contributed by atoms with Gasteiger partial charge in [-0.3, -0.25) is 14.5 Å². The van der Waals surface area contributed by atoms with Crippen molar-refractivity contribution in [2.24, 2.45) is 0 Å². The number of aliphatic hydroxyl groups is 1. The summed E-state index contributed by atoms with van der Waals surface area (Å²) >= 11 is 6.08.